The van der Waals surface area contributed by atoms with Gasteiger partial charge in [0.25, 0.3) is 0 Å². The number of hydrogen-bond acceptors (Lipinski definition) is 5. The van der Waals surface area contributed by atoms with Crippen molar-refractivity contribution in [2.75, 3.05) is 13.1 Å². The third kappa shape index (κ3) is 3.97. The number of benzene rings is 1. The van der Waals surface area contributed by atoms with Crippen molar-refractivity contribution in [2.45, 2.75) is 50.8 Å². The van der Waals surface area contributed by atoms with Gasteiger partial charge in [0.2, 0.25) is 5.91 Å². The minimum atomic E-state index is -0.234. The Morgan fingerprint density at radius 1 is 1.31 bits per heavy atom. The molecule has 1 aliphatic heterocycles. The summed E-state index contributed by atoms with van der Waals surface area (Å²) in [6, 6.07) is 9.93. The van der Waals surface area contributed by atoms with Crippen LogP contribution < -0.4 is 5.32 Å². The minimum Gasteiger partial charge on any atom is -0.392 e. The fourth-order valence-electron chi connectivity index (χ4n) is 3.94. The molecule has 138 valence electrons. The van der Waals surface area contributed by atoms with Crippen LogP contribution in [0.2, 0.25) is 0 Å². The predicted molar refractivity (Wildman–Crippen MR) is 96.5 cm³/mol. The molecule has 2 aliphatic rings. The maximum absolute atomic E-state index is 12.3. The maximum Gasteiger partial charge on any atom is 0.224 e. The van der Waals surface area contributed by atoms with E-state index < -0.39 is 0 Å². The lowest BCUT2D eigenvalue weighted by atomic mass is 9.91. The number of aliphatic hydroxyl groups excluding tert-OH is 1. The Kier molecular flexibility index (Phi) is 5.04. The van der Waals surface area contributed by atoms with Crippen LogP contribution in [0.15, 0.2) is 34.9 Å². The lowest BCUT2D eigenvalue weighted by molar-refractivity contribution is -0.121. The average Bonchev–Trinajstić information content (AvgIpc) is 3.22. The average molecular weight is 355 g/mol. The van der Waals surface area contributed by atoms with E-state index in [0.29, 0.717) is 19.5 Å². The lowest BCUT2D eigenvalue weighted by Crippen LogP contribution is -2.39. The van der Waals surface area contributed by atoms with Gasteiger partial charge in [0, 0.05) is 37.7 Å². The van der Waals surface area contributed by atoms with Crippen LogP contribution >= 0.6 is 0 Å². The zero-order chi connectivity index (χ0) is 17.9. The van der Waals surface area contributed by atoms with Crippen LogP contribution in [-0.4, -0.2) is 46.3 Å². The van der Waals surface area contributed by atoms with E-state index in [1.54, 1.807) is 0 Å². The van der Waals surface area contributed by atoms with E-state index in [2.05, 4.69) is 15.4 Å². The highest BCUT2D eigenvalue weighted by molar-refractivity contribution is 5.78. The fourth-order valence-corrected chi connectivity index (χ4v) is 3.94. The van der Waals surface area contributed by atoms with Gasteiger partial charge in [0.05, 0.1) is 12.5 Å². The van der Waals surface area contributed by atoms with E-state index in [1.165, 1.54) is 0 Å². The number of carbonyl (C=O) groups is 1. The second-order valence-corrected chi connectivity index (χ2v) is 7.38. The molecule has 26 heavy (non-hydrogen) atoms. The molecule has 6 nitrogen and oxygen atoms in total. The van der Waals surface area contributed by atoms with E-state index in [0.717, 1.165) is 54.8 Å². The van der Waals surface area contributed by atoms with E-state index in [-0.39, 0.29) is 18.1 Å². The molecule has 1 aromatic heterocycles. The van der Waals surface area contributed by atoms with Crippen LogP contribution in [0.3, 0.4) is 0 Å². The number of fused-ring (bicyclic) bond motifs is 1. The van der Waals surface area contributed by atoms with Gasteiger partial charge in [-0.1, -0.05) is 35.5 Å². The van der Waals surface area contributed by atoms with Gasteiger partial charge in [-0.2, -0.15) is 0 Å². The molecule has 0 saturated carbocycles. The highest BCUT2D eigenvalue weighted by Crippen LogP contribution is 2.26. The molecule has 1 fully saturated rings. The van der Waals surface area contributed by atoms with Crippen LogP contribution in [0.25, 0.3) is 0 Å². The smallest absolute Gasteiger partial charge is 0.224 e. The summed E-state index contributed by atoms with van der Waals surface area (Å²) in [5, 5.41) is 17.1. The molecule has 6 heteroatoms. The molecule has 2 N–H and O–H groups in total. The van der Waals surface area contributed by atoms with Crippen LogP contribution in [0, 0.1) is 0 Å². The lowest BCUT2D eigenvalue weighted by Gasteiger charge is -2.23. The quantitative estimate of drug-likeness (QED) is 0.849. The summed E-state index contributed by atoms with van der Waals surface area (Å²) in [6.45, 7) is 2.29. The SMILES string of the molecule is O=C(Cc1ccccc1)NC1CCc2onc(CN3CC[C@@H](O)C3)c2C1. The van der Waals surface area contributed by atoms with Gasteiger partial charge in [-0.3, -0.25) is 9.69 Å². The fraction of sp³-hybridized carbons (Fsp3) is 0.500. The second kappa shape index (κ2) is 7.60. The molecule has 1 aromatic carbocycles. The zero-order valence-corrected chi connectivity index (χ0v) is 14.9. The van der Waals surface area contributed by atoms with Crippen LogP contribution in [-0.2, 0) is 30.6 Å². The third-order valence-corrected chi connectivity index (χ3v) is 5.31. The maximum atomic E-state index is 12.3. The van der Waals surface area contributed by atoms with Gasteiger partial charge >= 0.3 is 0 Å². The number of amides is 1. The predicted octanol–water partition coefficient (Wildman–Crippen LogP) is 1.46. The number of aryl methyl sites for hydroxylation is 1. The van der Waals surface area contributed by atoms with E-state index >= 15 is 0 Å². The molecule has 4 rings (SSSR count). The Bertz CT molecular complexity index is 759. The number of aliphatic hydroxyl groups is 1. The summed E-state index contributed by atoms with van der Waals surface area (Å²) in [5.41, 5.74) is 3.12. The molecule has 0 spiro atoms. The van der Waals surface area contributed by atoms with Crippen LogP contribution in [0.4, 0.5) is 0 Å². The number of rotatable bonds is 5. The molecular weight excluding hydrogens is 330 g/mol. The van der Waals surface area contributed by atoms with Crippen molar-refractivity contribution in [3.05, 3.63) is 52.9 Å². The van der Waals surface area contributed by atoms with Gasteiger partial charge in [0.1, 0.15) is 11.5 Å². The van der Waals surface area contributed by atoms with Crippen molar-refractivity contribution in [2.24, 2.45) is 0 Å². The molecule has 1 saturated heterocycles. The first-order valence-corrected chi connectivity index (χ1v) is 9.37. The Balaban J connectivity index is 1.36. The highest BCUT2D eigenvalue weighted by Gasteiger charge is 2.29. The standard InChI is InChI=1S/C20H25N3O3/c24-16-8-9-23(12-16)13-18-17-11-15(6-7-19(17)26-22-18)21-20(25)10-14-4-2-1-3-5-14/h1-5,15-16,24H,6-13H2,(H,21,25)/t15?,16-/m1/s1. The number of likely N-dealkylation sites (tertiary alicyclic amines) is 1. The molecule has 1 unspecified atom stereocenters. The number of aromatic nitrogens is 1. The van der Waals surface area contributed by atoms with Crippen molar-refractivity contribution in [3.8, 4) is 0 Å². The van der Waals surface area contributed by atoms with Crippen molar-refractivity contribution in [3.63, 3.8) is 0 Å². The van der Waals surface area contributed by atoms with Crippen molar-refractivity contribution >= 4 is 5.91 Å². The Morgan fingerprint density at radius 3 is 2.92 bits per heavy atom. The minimum absolute atomic E-state index is 0.0605. The van der Waals surface area contributed by atoms with Crippen molar-refractivity contribution in [1.29, 1.82) is 0 Å². The van der Waals surface area contributed by atoms with Gasteiger partial charge < -0.3 is 14.9 Å². The van der Waals surface area contributed by atoms with Crippen LogP contribution in [0.1, 0.15) is 35.4 Å². The number of nitrogens with zero attached hydrogens (tertiary/aromatic N) is 2. The summed E-state index contributed by atoms with van der Waals surface area (Å²) >= 11 is 0. The molecule has 0 bridgehead atoms. The van der Waals surface area contributed by atoms with Crippen LogP contribution in [0.5, 0.6) is 0 Å². The highest BCUT2D eigenvalue weighted by atomic mass is 16.5. The number of β-amino-alcohol motifs (C(OH)–C–C–N with tert-alkyl or cyclic N) is 1. The normalized spacial score (nSPS) is 23.0. The van der Waals surface area contributed by atoms with Gasteiger partial charge in [-0.05, 0) is 24.8 Å². The molecule has 1 amide bonds. The Labute approximate surface area is 153 Å². The summed E-state index contributed by atoms with van der Waals surface area (Å²) < 4.78 is 5.52. The zero-order valence-electron chi connectivity index (χ0n) is 14.9. The Morgan fingerprint density at radius 2 is 2.15 bits per heavy atom. The molecule has 2 aromatic rings. The van der Waals surface area contributed by atoms with E-state index in [4.69, 9.17) is 4.52 Å². The number of carbonyl (C=O) groups excluding carboxylic acids is 1. The summed E-state index contributed by atoms with van der Waals surface area (Å²) in [6.07, 6.45) is 3.45. The van der Waals surface area contributed by atoms with Gasteiger partial charge in [0.15, 0.2) is 0 Å². The summed E-state index contributed by atoms with van der Waals surface area (Å²) in [5.74, 6) is 1.01. The molecule has 2 heterocycles. The van der Waals surface area contributed by atoms with Crippen molar-refractivity contribution < 1.29 is 14.4 Å². The van der Waals surface area contributed by atoms with Gasteiger partial charge in [-0.15, -0.1) is 0 Å². The first-order chi connectivity index (χ1) is 12.7. The number of nitrogens with one attached hydrogen (secondary N) is 1. The first kappa shape index (κ1) is 17.2. The number of hydrogen-bond donors (Lipinski definition) is 2. The monoisotopic (exact) mass is 355 g/mol. The largest absolute Gasteiger partial charge is 0.392 e. The third-order valence-electron chi connectivity index (χ3n) is 5.31. The van der Waals surface area contributed by atoms with Gasteiger partial charge in [-0.25, -0.2) is 0 Å². The summed E-state index contributed by atoms with van der Waals surface area (Å²) in [4.78, 5) is 14.6. The topological polar surface area (TPSA) is 78.6 Å². The molecule has 1 aliphatic carbocycles. The van der Waals surface area contributed by atoms with E-state index in [1.807, 2.05) is 30.3 Å². The van der Waals surface area contributed by atoms with Crippen molar-refractivity contribution in [1.82, 2.24) is 15.4 Å². The van der Waals surface area contributed by atoms with E-state index in [9.17, 15) is 9.90 Å². The first-order valence-electron chi connectivity index (χ1n) is 9.37. The molecular formula is C20H25N3O3. The summed E-state index contributed by atoms with van der Waals surface area (Å²) in [7, 11) is 0. The molecule has 2 atom stereocenters. The second-order valence-electron chi connectivity index (χ2n) is 7.38. The Hall–Kier alpha value is -2.18. The molecule has 0 radical (unpaired) electrons.